The van der Waals surface area contributed by atoms with Gasteiger partial charge in [-0.2, -0.15) is 0 Å². The fourth-order valence-electron chi connectivity index (χ4n) is 1.68. The molecule has 0 atom stereocenters. The third-order valence-electron chi connectivity index (χ3n) is 2.67. The van der Waals surface area contributed by atoms with E-state index in [9.17, 15) is 13.2 Å². The number of pyridine rings is 1. The van der Waals surface area contributed by atoms with Crippen LogP contribution < -0.4 is 4.72 Å². The topological polar surface area (TPSA) is 110 Å². The lowest BCUT2D eigenvalue weighted by molar-refractivity contribution is 0.0661. The predicted octanol–water partition coefficient (Wildman–Crippen LogP) is 2.44. The molecule has 0 unspecified atom stereocenters. The molecular formula is C12H11ClN2O5S. The number of hydrogen-bond donors (Lipinski definition) is 2. The number of halogens is 1. The normalized spacial score (nSPS) is 11.4. The zero-order chi connectivity index (χ0) is 15.8. The Morgan fingerprint density at radius 1 is 1.38 bits per heavy atom. The monoisotopic (exact) mass is 330 g/mol. The van der Waals surface area contributed by atoms with Crippen molar-refractivity contribution in [3.8, 4) is 0 Å². The van der Waals surface area contributed by atoms with Crippen molar-refractivity contribution < 1.29 is 22.7 Å². The van der Waals surface area contributed by atoms with Crippen molar-refractivity contribution in [2.45, 2.75) is 18.7 Å². The Hall–Kier alpha value is -2.06. The van der Waals surface area contributed by atoms with Crippen LogP contribution in [0.4, 0.5) is 5.69 Å². The van der Waals surface area contributed by atoms with Gasteiger partial charge in [0, 0.05) is 6.07 Å². The molecule has 2 rings (SSSR count). The smallest absolute Gasteiger partial charge is 0.371 e. The number of carboxylic acid groups (broad SMARTS) is 1. The van der Waals surface area contributed by atoms with Crippen molar-refractivity contribution >= 4 is 33.3 Å². The number of aryl methyl sites for hydroxylation is 2. The molecule has 0 aliphatic heterocycles. The second-order valence-electron chi connectivity index (χ2n) is 4.21. The lowest BCUT2D eigenvalue weighted by Crippen LogP contribution is -2.14. The van der Waals surface area contributed by atoms with E-state index in [1.54, 1.807) is 6.92 Å². The van der Waals surface area contributed by atoms with Crippen LogP contribution in [-0.2, 0) is 10.0 Å². The summed E-state index contributed by atoms with van der Waals surface area (Å²) in [6.07, 6.45) is 0. The second kappa shape index (κ2) is 5.38. The Morgan fingerprint density at radius 2 is 2.05 bits per heavy atom. The first kappa shape index (κ1) is 15.3. The van der Waals surface area contributed by atoms with Gasteiger partial charge >= 0.3 is 5.97 Å². The van der Waals surface area contributed by atoms with E-state index in [-0.39, 0.29) is 21.5 Å². The van der Waals surface area contributed by atoms with Gasteiger partial charge in [0.1, 0.15) is 15.8 Å². The van der Waals surface area contributed by atoms with Crippen molar-refractivity contribution in [1.29, 1.82) is 0 Å². The maximum absolute atomic E-state index is 12.3. The highest BCUT2D eigenvalue weighted by atomic mass is 35.5. The summed E-state index contributed by atoms with van der Waals surface area (Å²) in [7, 11) is -3.98. The summed E-state index contributed by atoms with van der Waals surface area (Å²) >= 11 is 5.70. The molecule has 0 radical (unpaired) electrons. The van der Waals surface area contributed by atoms with Crippen LogP contribution in [0.15, 0.2) is 27.5 Å². The van der Waals surface area contributed by atoms with E-state index in [0.717, 1.165) is 6.07 Å². The molecule has 0 saturated heterocycles. The fraction of sp³-hybridized carbons (Fsp3) is 0.167. The molecule has 9 heteroatoms. The zero-order valence-electron chi connectivity index (χ0n) is 11.0. The number of aromatic carboxylic acids is 1. The summed E-state index contributed by atoms with van der Waals surface area (Å²) in [5, 5.41) is 9.06. The van der Waals surface area contributed by atoms with Crippen molar-refractivity contribution in [2.75, 3.05) is 4.72 Å². The van der Waals surface area contributed by atoms with E-state index in [2.05, 4.69) is 9.71 Å². The lowest BCUT2D eigenvalue weighted by Gasteiger charge is -2.09. The Kier molecular flexibility index (Phi) is 3.93. The van der Waals surface area contributed by atoms with Crippen LogP contribution in [-0.4, -0.2) is 24.5 Å². The van der Waals surface area contributed by atoms with Crippen LogP contribution in [0.2, 0.25) is 5.15 Å². The zero-order valence-corrected chi connectivity index (χ0v) is 12.6. The summed E-state index contributed by atoms with van der Waals surface area (Å²) < 4.78 is 31.8. The SMILES string of the molecule is Cc1nc(Cl)ccc1NS(=O)(=O)c1cc(C(=O)O)oc1C. The Morgan fingerprint density at radius 3 is 2.57 bits per heavy atom. The highest BCUT2D eigenvalue weighted by Gasteiger charge is 2.24. The van der Waals surface area contributed by atoms with Crippen LogP contribution in [0, 0.1) is 13.8 Å². The number of sulfonamides is 1. The van der Waals surface area contributed by atoms with Crippen LogP contribution in [0.25, 0.3) is 0 Å². The maximum atomic E-state index is 12.3. The number of furan rings is 1. The summed E-state index contributed by atoms with van der Waals surface area (Å²) in [5.74, 6) is -1.80. The third kappa shape index (κ3) is 3.17. The van der Waals surface area contributed by atoms with Crippen LogP contribution in [0.5, 0.6) is 0 Å². The standard InChI is InChI=1S/C12H11ClN2O5S/c1-6-8(3-4-11(13)14-6)15-21(18,19)10-5-9(12(16)17)20-7(10)2/h3-5,15H,1-2H3,(H,16,17). The number of carboxylic acids is 1. The van der Waals surface area contributed by atoms with Crippen LogP contribution >= 0.6 is 11.6 Å². The average Bonchev–Trinajstić information content (AvgIpc) is 2.76. The van der Waals surface area contributed by atoms with Crippen molar-refractivity contribution in [3.63, 3.8) is 0 Å². The van der Waals surface area contributed by atoms with Crippen LogP contribution in [0.3, 0.4) is 0 Å². The number of nitrogens with zero attached hydrogens (tertiary/aromatic N) is 1. The highest BCUT2D eigenvalue weighted by molar-refractivity contribution is 7.92. The van der Waals surface area contributed by atoms with Gasteiger partial charge in [-0.1, -0.05) is 11.6 Å². The number of hydrogen-bond acceptors (Lipinski definition) is 5. The van der Waals surface area contributed by atoms with Crippen LogP contribution in [0.1, 0.15) is 22.0 Å². The molecule has 0 bridgehead atoms. The van der Waals surface area contributed by atoms with E-state index in [1.807, 2.05) is 0 Å². The summed E-state index contributed by atoms with van der Waals surface area (Å²) in [6, 6.07) is 3.87. The summed E-state index contributed by atoms with van der Waals surface area (Å²) in [4.78, 5) is 14.5. The van der Waals surface area contributed by atoms with Gasteiger partial charge in [-0.3, -0.25) is 4.72 Å². The number of carbonyl (C=O) groups is 1. The molecular weight excluding hydrogens is 320 g/mol. The van der Waals surface area contributed by atoms with Gasteiger partial charge < -0.3 is 9.52 Å². The molecule has 0 aromatic carbocycles. The van der Waals surface area contributed by atoms with E-state index < -0.39 is 21.8 Å². The molecule has 0 aliphatic carbocycles. The van der Waals surface area contributed by atoms with E-state index in [0.29, 0.717) is 5.69 Å². The minimum absolute atomic E-state index is 0.0144. The minimum atomic E-state index is -3.98. The molecule has 2 aromatic heterocycles. The van der Waals surface area contributed by atoms with Gasteiger partial charge in [0.05, 0.1) is 11.4 Å². The molecule has 0 amide bonds. The van der Waals surface area contributed by atoms with Gasteiger partial charge in [-0.25, -0.2) is 18.2 Å². The Bertz CT molecular complexity index is 813. The molecule has 0 saturated carbocycles. The molecule has 2 N–H and O–H groups in total. The average molecular weight is 331 g/mol. The first-order valence-electron chi connectivity index (χ1n) is 5.70. The first-order valence-corrected chi connectivity index (χ1v) is 7.56. The Balaban J connectivity index is 2.41. The highest BCUT2D eigenvalue weighted by Crippen LogP contribution is 2.24. The molecule has 7 nitrogen and oxygen atoms in total. The quantitative estimate of drug-likeness (QED) is 0.833. The van der Waals surface area contributed by atoms with Crippen molar-refractivity contribution in [2.24, 2.45) is 0 Å². The minimum Gasteiger partial charge on any atom is -0.475 e. The number of rotatable bonds is 4. The van der Waals surface area contributed by atoms with Crippen molar-refractivity contribution in [3.05, 3.63) is 40.6 Å². The molecule has 21 heavy (non-hydrogen) atoms. The largest absolute Gasteiger partial charge is 0.475 e. The fourth-order valence-corrected chi connectivity index (χ4v) is 3.16. The summed E-state index contributed by atoms with van der Waals surface area (Å²) in [5.41, 5.74) is 0.641. The number of anilines is 1. The van der Waals surface area contributed by atoms with Gasteiger partial charge in [-0.15, -0.1) is 0 Å². The van der Waals surface area contributed by atoms with Gasteiger partial charge in [-0.05, 0) is 26.0 Å². The number of aromatic nitrogens is 1. The van der Waals surface area contributed by atoms with Gasteiger partial charge in [0.2, 0.25) is 5.76 Å². The van der Waals surface area contributed by atoms with E-state index >= 15 is 0 Å². The lowest BCUT2D eigenvalue weighted by atomic mass is 10.3. The summed E-state index contributed by atoms with van der Waals surface area (Å²) in [6.45, 7) is 2.96. The van der Waals surface area contributed by atoms with Gasteiger partial charge in [0.15, 0.2) is 0 Å². The molecule has 2 heterocycles. The van der Waals surface area contributed by atoms with E-state index in [4.69, 9.17) is 21.1 Å². The molecule has 112 valence electrons. The third-order valence-corrected chi connectivity index (χ3v) is 4.35. The molecule has 2 aromatic rings. The van der Waals surface area contributed by atoms with Gasteiger partial charge in [0.25, 0.3) is 10.0 Å². The first-order chi connectivity index (χ1) is 9.70. The molecule has 0 aliphatic rings. The second-order valence-corrected chi connectivity index (χ2v) is 6.25. The molecule has 0 spiro atoms. The Labute approximate surface area is 125 Å². The van der Waals surface area contributed by atoms with Crippen molar-refractivity contribution in [1.82, 2.24) is 4.98 Å². The number of nitrogens with one attached hydrogen (secondary N) is 1. The molecule has 0 fully saturated rings. The predicted molar refractivity (Wildman–Crippen MR) is 75.2 cm³/mol. The maximum Gasteiger partial charge on any atom is 0.371 e. The van der Waals surface area contributed by atoms with E-state index in [1.165, 1.54) is 19.1 Å².